The first-order valence-corrected chi connectivity index (χ1v) is 7.88. The van der Waals surface area contributed by atoms with Crippen molar-refractivity contribution in [3.63, 3.8) is 0 Å². The third-order valence-electron chi connectivity index (χ3n) is 4.35. The number of nitrogens with one attached hydrogen (secondary N) is 2. The zero-order valence-corrected chi connectivity index (χ0v) is 12.6. The van der Waals surface area contributed by atoms with Gasteiger partial charge in [0.15, 0.2) is 5.69 Å². The molecule has 0 radical (unpaired) electrons. The SMILES string of the molecule is O=C(NC1CCCC1)c1ccc(-c2cccc3[nH]ncc23)nn1. The van der Waals surface area contributed by atoms with Gasteiger partial charge in [0, 0.05) is 17.0 Å². The van der Waals surface area contributed by atoms with Crippen molar-refractivity contribution in [2.75, 3.05) is 0 Å². The molecule has 23 heavy (non-hydrogen) atoms. The van der Waals surface area contributed by atoms with E-state index in [2.05, 4.69) is 25.7 Å². The third-order valence-corrected chi connectivity index (χ3v) is 4.35. The summed E-state index contributed by atoms with van der Waals surface area (Å²) in [6, 6.07) is 9.72. The van der Waals surface area contributed by atoms with E-state index in [4.69, 9.17) is 0 Å². The first-order valence-electron chi connectivity index (χ1n) is 7.88. The van der Waals surface area contributed by atoms with Crippen molar-refractivity contribution in [2.24, 2.45) is 0 Å². The maximum Gasteiger partial charge on any atom is 0.272 e. The van der Waals surface area contributed by atoms with Crippen LogP contribution < -0.4 is 5.32 Å². The molecule has 0 unspecified atom stereocenters. The highest BCUT2D eigenvalue weighted by atomic mass is 16.2. The number of hydrogen-bond donors (Lipinski definition) is 2. The van der Waals surface area contributed by atoms with Crippen LogP contribution in [0.2, 0.25) is 0 Å². The topological polar surface area (TPSA) is 83.6 Å². The Hall–Kier alpha value is -2.76. The van der Waals surface area contributed by atoms with E-state index in [9.17, 15) is 4.79 Å². The molecule has 2 N–H and O–H groups in total. The molecule has 1 aliphatic rings. The Morgan fingerprint density at radius 1 is 1.13 bits per heavy atom. The Balaban J connectivity index is 1.58. The van der Waals surface area contributed by atoms with Crippen molar-refractivity contribution in [2.45, 2.75) is 31.7 Å². The number of carbonyl (C=O) groups excluding carboxylic acids is 1. The fraction of sp³-hybridized carbons (Fsp3) is 0.294. The summed E-state index contributed by atoms with van der Waals surface area (Å²) in [6.07, 6.45) is 6.25. The molecule has 0 aliphatic heterocycles. The van der Waals surface area contributed by atoms with E-state index in [1.807, 2.05) is 24.3 Å². The Morgan fingerprint density at radius 3 is 2.78 bits per heavy atom. The molecule has 6 heteroatoms. The van der Waals surface area contributed by atoms with Crippen LogP contribution in [0.25, 0.3) is 22.2 Å². The second kappa shape index (κ2) is 5.79. The summed E-state index contributed by atoms with van der Waals surface area (Å²) in [4.78, 5) is 12.2. The van der Waals surface area contributed by atoms with Crippen LogP contribution in [0.3, 0.4) is 0 Å². The van der Waals surface area contributed by atoms with Gasteiger partial charge in [-0.2, -0.15) is 5.10 Å². The van der Waals surface area contributed by atoms with E-state index in [1.165, 1.54) is 12.8 Å². The van der Waals surface area contributed by atoms with Gasteiger partial charge in [0.25, 0.3) is 5.91 Å². The van der Waals surface area contributed by atoms with Crippen molar-refractivity contribution in [3.8, 4) is 11.3 Å². The van der Waals surface area contributed by atoms with E-state index >= 15 is 0 Å². The zero-order valence-electron chi connectivity index (χ0n) is 12.6. The van der Waals surface area contributed by atoms with E-state index in [0.717, 1.165) is 35.0 Å². The number of rotatable bonds is 3. The van der Waals surface area contributed by atoms with E-state index in [0.29, 0.717) is 5.69 Å². The molecule has 1 saturated carbocycles. The molecule has 0 bridgehead atoms. The summed E-state index contributed by atoms with van der Waals surface area (Å²) in [5.41, 5.74) is 2.99. The van der Waals surface area contributed by atoms with Crippen LogP contribution in [0.5, 0.6) is 0 Å². The van der Waals surface area contributed by atoms with Gasteiger partial charge in [-0.05, 0) is 31.0 Å². The number of carbonyl (C=O) groups is 1. The van der Waals surface area contributed by atoms with Crippen molar-refractivity contribution < 1.29 is 4.79 Å². The Bertz CT molecular complexity index is 834. The highest BCUT2D eigenvalue weighted by molar-refractivity contribution is 5.94. The highest BCUT2D eigenvalue weighted by Gasteiger charge is 2.19. The second-order valence-electron chi connectivity index (χ2n) is 5.90. The van der Waals surface area contributed by atoms with Crippen LogP contribution in [0, 0.1) is 0 Å². The lowest BCUT2D eigenvalue weighted by Crippen LogP contribution is -2.33. The van der Waals surface area contributed by atoms with Crippen LogP contribution in [0.4, 0.5) is 0 Å². The van der Waals surface area contributed by atoms with Gasteiger partial charge in [-0.3, -0.25) is 9.89 Å². The van der Waals surface area contributed by atoms with Crippen molar-refractivity contribution >= 4 is 16.8 Å². The minimum Gasteiger partial charge on any atom is -0.348 e. The lowest BCUT2D eigenvalue weighted by Gasteiger charge is -2.11. The molecule has 0 saturated heterocycles. The summed E-state index contributed by atoms with van der Waals surface area (Å²) in [7, 11) is 0. The van der Waals surface area contributed by atoms with Gasteiger partial charge in [-0.1, -0.05) is 25.0 Å². The van der Waals surface area contributed by atoms with Gasteiger partial charge in [0.1, 0.15) is 0 Å². The van der Waals surface area contributed by atoms with Crippen molar-refractivity contribution in [1.29, 1.82) is 0 Å². The number of hydrogen-bond acceptors (Lipinski definition) is 4. The number of fused-ring (bicyclic) bond motifs is 1. The van der Waals surface area contributed by atoms with Crippen molar-refractivity contribution in [3.05, 3.63) is 42.2 Å². The first kappa shape index (κ1) is 13.9. The number of amides is 1. The normalized spacial score (nSPS) is 15.1. The fourth-order valence-corrected chi connectivity index (χ4v) is 3.12. The molecule has 3 aromatic rings. The van der Waals surface area contributed by atoms with Crippen LogP contribution in [0.1, 0.15) is 36.2 Å². The summed E-state index contributed by atoms with van der Waals surface area (Å²) in [5.74, 6) is -0.141. The molecule has 1 amide bonds. The molecular formula is C17H17N5O. The molecule has 1 aliphatic carbocycles. The van der Waals surface area contributed by atoms with E-state index in [1.54, 1.807) is 12.3 Å². The third kappa shape index (κ3) is 2.67. The lowest BCUT2D eigenvalue weighted by molar-refractivity contribution is 0.0932. The van der Waals surface area contributed by atoms with Gasteiger partial charge in [0.05, 0.1) is 17.4 Å². The molecule has 116 valence electrons. The average molecular weight is 307 g/mol. The number of H-pyrrole nitrogens is 1. The summed E-state index contributed by atoms with van der Waals surface area (Å²) in [6.45, 7) is 0. The van der Waals surface area contributed by atoms with Crippen LogP contribution >= 0.6 is 0 Å². The predicted molar refractivity (Wildman–Crippen MR) is 86.8 cm³/mol. The van der Waals surface area contributed by atoms with E-state index in [-0.39, 0.29) is 11.9 Å². The molecule has 2 heterocycles. The number of nitrogens with zero attached hydrogens (tertiary/aromatic N) is 3. The minimum atomic E-state index is -0.141. The monoisotopic (exact) mass is 307 g/mol. The van der Waals surface area contributed by atoms with Crippen LogP contribution in [-0.4, -0.2) is 32.3 Å². The molecule has 0 atom stereocenters. The first-order chi connectivity index (χ1) is 11.3. The standard InChI is InChI=1S/C17H17N5O/c23-17(19-11-4-1-2-5-11)16-9-8-15(21-22-16)12-6-3-7-14-13(12)10-18-20-14/h3,6-11H,1-2,4-5H2,(H,18,20)(H,19,23). The maximum atomic E-state index is 12.2. The molecule has 4 rings (SSSR count). The molecule has 1 fully saturated rings. The minimum absolute atomic E-state index is 0.141. The fourth-order valence-electron chi connectivity index (χ4n) is 3.12. The molecule has 1 aromatic carbocycles. The van der Waals surface area contributed by atoms with Gasteiger partial charge in [-0.15, -0.1) is 10.2 Å². The second-order valence-corrected chi connectivity index (χ2v) is 5.90. The van der Waals surface area contributed by atoms with E-state index < -0.39 is 0 Å². The van der Waals surface area contributed by atoms with Crippen LogP contribution in [-0.2, 0) is 0 Å². The quantitative estimate of drug-likeness (QED) is 0.779. The molecular weight excluding hydrogens is 290 g/mol. The average Bonchev–Trinajstić information content (AvgIpc) is 3.25. The Morgan fingerprint density at radius 2 is 2.00 bits per heavy atom. The predicted octanol–water partition coefficient (Wildman–Crippen LogP) is 2.69. The largest absolute Gasteiger partial charge is 0.348 e. The van der Waals surface area contributed by atoms with Gasteiger partial charge < -0.3 is 5.32 Å². The Labute approximate surface area is 133 Å². The Kier molecular flexibility index (Phi) is 3.49. The number of aromatic nitrogens is 4. The van der Waals surface area contributed by atoms with Crippen LogP contribution in [0.15, 0.2) is 36.5 Å². The van der Waals surface area contributed by atoms with Crippen molar-refractivity contribution in [1.82, 2.24) is 25.7 Å². The van der Waals surface area contributed by atoms with Gasteiger partial charge in [0.2, 0.25) is 0 Å². The summed E-state index contributed by atoms with van der Waals surface area (Å²) in [5, 5.41) is 19.3. The zero-order chi connectivity index (χ0) is 15.6. The summed E-state index contributed by atoms with van der Waals surface area (Å²) >= 11 is 0. The maximum absolute atomic E-state index is 12.2. The van der Waals surface area contributed by atoms with Gasteiger partial charge in [-0.25, -0.2) is 0 Å². The molecule has 0 spiro atoms. The lowest BCUT2D eigenvalue weighted by atomic mass is 10.1. The highest BCUT2D eigenvalue weighted by Crippen LogP contribution is 2.25. The molecule has 6 nitrogen and oxygen atoms in total. The molecule has 2 aromatic heterocycles. The number of aromatic amines is 1. The van der Waals surface area contributed by atoms with Gasteiger partial charge >= 0.3 is 0 Å². The smallest absolute Gasteiger partial charge is 0.272 e. The number of benzene rings is 1. The summed E-state index contributed by atoms with van der Waals surface area (Å²) < 4.78 is 0.